The molecule has 1 aliphatic heterocycles. The van der Waals surface area contributed by atoms with Crippen LogP contribution in [0.4, 0.5) is 4.79 Å². The summed E-state index contributed by atoms with van der Waals surface area (Å²) >= 11 is 0. The quantitative estimate of drug-likeness (QED) is 0.859. The van der Waals surface area contributed by atoms with Crippen LogP contribution in [0, 0.1) is 5.92 Å². The summed E-state index contributed by atoms with van der Waals surface area (Å²) in [7, 11) is 1.66. The summed E-state index contributed by atoms with van der Waals surface area (Å²) in [6.45, 7) is 7.51. The molecule has 1 heterocycles. The molecule has 0 fully saturated rings. The van der Waals surface area contributed by atoms with Gasteiger partial charge in [0, 0.05) is 19.6 Å². The van der Waals surface area contributed by atoms with Crippen molar-refractivity contribution in [3.63, 3.8) is 0 Å². The lowest BCUT2D eigenvalue weighted by Gasteiger charge is -2.27. The zero-order valence-corrected chi connectivity index (χ0v) is 15.6. The zero-order chi connectivity index (χ0) is 18.4. The van der Waals surface area contributed by atoms with E-state index in [-0.39, 0.29) is 17.9 Å². The molecule has 0 aliphatic carbocycles. The topological polar surface area (TPSA) is 70.7 Å². The number of fused-ring (bicyclic) bond motifs is 1. The van der Waals surface area contributed by atoms with Crippen LogP contribution in [0.2, 0.25) is 0 Å². The summed E-state index contributed by atoms with van der Waals surface area (Å²) in [4.78, 5) is 26.7. The Kier molecular flexibility index (Phi) is 6.67. The van der Waals surface area contributed by atoms with Gasteiger partial charge in [0.25, 0.3) is 0 Å². The maximum atomic E-state index is 12.7. The van der Waals surface area contributed by atoms with Gasteiger partial charge < -0.3 is 20.3 Å². The van der Waals surface area contributed by atoms with E-state index in [1.807, 2.05) is 39.0 Å². The van der Waals surface area contributed by atoms with E-state index in [0.717, 1.165) is 24.2 Å². The third-order valence-electron chi connectivity index (χ3n) is 4.52. The molecule has 2 N–H and O–H groups in total. The molecule has 0 unspecified atom stereocenters. The molecule has 1 aromatic carbocycles. The van der Waals surface area contributed by atoms with Gasteiger partial charge in [-0.1, -0.05) is 19.9 Å². The first-order valence-corrected chi connectivity index (χ1v) is 8.95. The molecule has 1 aliphatic rings. The van der Waals surface area contributed by atoms with Gasteiger partial charge in [0.15, 0.2) is 0 Å². The first-order chi connectivity index (χ1) is 12.0. The Bertz CT molecular complexity index is 616. The zero-order valence-electron chi connectivity index (χ0n) is 15.6. The van der Waals surface area contributed by atoms with Gasteiger partial charge >= 0.3 is 6.03 Å². The summed E-state index contributed by atoms with van der Waals surface area (Å²) in [5, 5.41) is 5.69. The van der Waals surface area contributed by atoms with Gasteiger partial charge in [-0.05, 0) is 48.9 Å². The SMILES string of the molecule is CCNC(=O)[C@@H](NC(=O)N1CCCc2cc(OC)ccc2C1)C(C)C. The van der Waals surface area contributed by atoms with Gasteiger partial charge in [0.1, 0.15) is 11.8 Å². The van der Waals surface area contributed by atoms with E-state index < -0.39 is 6.04 Å². The van der Waals surface area contributed by atoms with Crippen molar-refractivity contribution in [1.29, 1.82) is 0 Å². The maximum absolute atomic E-state index is 12.7. The van der Waals surface area contributed by atoms with Gasteiger partial charge in [0.05, 0.1) is 7.11 Å². The molecule has 3 amide bonds. The highest BCUT2D eigenvalue weighted by Gasteiger charge is 2.27. The second-order valence-electron chi connectivity index (χ2n) is 6.73. The number of hydrogen-bond acceptors (Lipinski definition) is 3. The van der Waals surface area contributed by atoms with Gasteiger partial charge in [-0.3, -0.25) is 4.79 Å². The minimum Gasteiger partial charge on any atom is -0.497 e. The lowest BCUT2D eigenvalue weighted by Crippen LogP contribution is -2.53. The summed E-state index contributed by atoms with van der Waals surface area (Å²) in [5.74, 6) is 0.734. The average molecular weight is 347 g/mol. The molecular weight excluding hydrogens is 318 g/mol. The fourth-order valence-corrected chi connectivity index (χ4v) is 3.08. The highest BCUT2D eigenvalue weighted by atomic mass is 16.5. The molecule has 0 saturated carbocycles. The largest absolute Gasteiger partial charge is 0.497 e. The second kappa shape index (κ2) is 8.74. The molecule has 138 valence electrons. The summed E-state index contributed by atoms with van der Waals surface area (Å²) < 4.78 is 5.29. The van der Waals surface area contributed by atoms with Crippen LogP contribution in [0.25, 0.3) is 0 Å². The first kappa shape index (κ1) is 19.1. The summed E-state index contributed by atoms with van der Waals surface area (Å²) in [6, 6.07) is 5.28. The molecule has 0 saturated heterocycles. The van der Waals surface area contributed by atoms with E-state index in [1.54, 1.807) is 12.0 Å². The van der Waals surface area contributed by atoms with Crippen molar-refractivity contribution in [2.75, 3.05) is 20.2 Å². The molecule has 6 nitrogen and oxygen atoms in total. The van der Waals surface area contributed by atoms with Gasteiger partial charge in [0.2, 0.25) is 5.91 Å². The number of hydrogen-bond donors (Lipinski definition) is 2. The Morgan fingerprint density at radius 2 is 2.04 bits per heavy atom. The molecule has 25 heavy (non-hydrogen) atoms. The molecular formula is C19H29N3O3. The third-order valence-corrected chi connectivity index (χ3v) is 4.52. The number of benzene rings is 1. The summed E-state index contributed by atoms with van der Waals surface area (Å²) in [6.07, 6.45) is 1.81. The van der Waals surface area contributed by atoms with Gasteiger partial charge in [-0.25, -0.2) is 4.79 Å². The van der Waals surface area contributed by atoms with Crippen molar-refractivity contribution in [2.45, 2.75) is 46.2 Å². The number of carbonyl (C=O) groups is 2. The van der Waals surface area contributed by atoms with Crippen molar-refractivity contribution in [2.24, 2.45) is 5.92 Å². The Hall–Kier alpha value is -2.24. The summed E-state index contributed by atoms with van der Waals surface area (Å²) in [5.41, 5.74) is 2.35. The monoisotopic (exact) mass is 347 g/mol. The Morgan fingerprint density at radius 3 is 2.68 bits per heavy atom. The molecule has 6 heteroatoms. The van der Waals surface area contributed by atoms with Crippen molar-refractivity contribution in [3.05, 3.63) is 29.3 Å². The molecule has 1 aromatic rings. The smallest absolute Gasteiger partial charge is 0.318 e. The minimum atomic E-state index is -0.522. The van der Waals surface area contributed by atoms with Crippen LogP contribution < -0.4 is 15.4 Å². The van der Waals surface area contributed by atoms with Crippen molar-refractivity contribution in [3.8, 4) is 5.75 Å². The van der Waals surface area contributed by atoms with Crippen LogP contribution in [-0.2, 0) is 17.8 Å². The number of rotatable bonds is 5. The van der Waals surface area contributed by atoms with Gasteiger partial charge in [-0.2, -0.15) is 0 Å². The number of amides is 3. The fraction of sp³-hybridized carbons (Fsp3) is 0.579. The maximum Gasteiger partial charge on any atom is 0.318 e. The first-order valence-electron chi connectivity index (χ1n) is 8.95. The van der Waals surface area contributed by atoms with Crippen molar-refractivity contribution < 1.29 is 14.3 Å². The van der Waals surface area contributed by atoms with E-state index in [4.69, 9.17) is 4.74 Å². The van der Waals surface area contributed by atoms with Crippen LogP contribution in [0.1, 0.15) is 38.3 Å². The average Bonchev–Trinajstić information content (AvgIpc) is 2.80. The number of aryl methyl sites for hydroxylation is 1. The predicted molar refractivity (Wildman–Crippen MR) is 97.6 cm³/mol. The van der Waals surface area contributed by atoms with Crippen molar-refractivity contribution in [1.82, 2.24) is 15.5 Å². The van der Waals surface area contributed by atoms with Crippen LogP contribution in [0.5, 0.6) is 5.75 Å². The van der Waals surface area contributed by atoms with Gasteiger partial charge in [-0.15, -0.1) is 0 Å². The molecule has 1 atom stereocenters. The van der Waals surface area contributed by atoms with Crippen LogP contribution >= 0.6 is 0 Å². The van der Waals surface area contributed by atoms with Crippen LogP contribution in [0.15, 0.2) is 18.2 Å². The standard InChI is InChI=1S/C19H29N3O3/c1-5-20-18(23)17(13(2)3)21-19(24)22-10-6-7-14-11-16(25-4)9-8-15(14)12-22/h8-9,11,13,17H,5-7,10,12H2,1-4H3,(H,20,23)(H,21,24)/t17-/m0/s1. The fourth-order valence-electron chi connectivity index (χ4n) is 3.08. The van der Waals surface area contributed by atoms with E-state index in [1.165, 1.54) is 5.56 Å². The Balaban J connectivity index is 2.09. The number of ether oxygens (including phenoxy) is 1. The Labute approximate surface area is 149 Å². The van der Waals surface area contributed by atoms with E-state index >= 15 is 0 Å². The Morgan fingerprint density at radius 1 is 1.28 bits per heavy atom. The van der Waals surface area contributed by atoms with Crippen molar-refractivity contribution >= 4 is 11.9 Å². The van der Waals surface area contributed by atoms with Crippen LogP contribution in [0.3, 0.4) is 0 Å². The molecule has 2 rings (SSSR count). The third kappa shape index (κ3) is 4.87. The highest BCUT2D eigenvalue weighted by Crippen LogP contribution is 2.23. The van der Waals surface area contributed by atoms with E-state index in [9.17, 15) is 9.59 Å². The van der Waals surface area contributed by atoms with E-state index in [2.05, 4.69) is 10.6 Å². The lowest BCUT2D eigenvalue weighted by atomic mass is 10.0. The molecule has 0 radical (unpaired) electrons. The number of nitrogens with one attached hydrogen (secondary N) is 2. The minimum absolute atomic E-state index is 0.0269. The number of nitrogens with zero attached hydrogens (tertiary/aromatic N) is 1. The number of methoxy groups -OCH3 is 1. The molecule has 0 aromatic heterocycles. The number of likely N-dealkylation sites (N-methyl/N-ethyl adjacent to an activating group) is 1. The van der Waals surface area contributed by atoms with E-state index in [0.29, 0.717) is 19.6 Å². The second-order valence-corrected chi connectivity index (χ2v) is 6.73. The highest BCUT2D eigenvalue weighted by molar-refractivity contribution is 5.87. The number of urea groups is 1. The lowest BCUT2D eigenvalue weighted by molar-refractivity contribution is -0.123. The molecule has 0 spiro atoms. The number of carbonyl (C=O) groups excluding carboxylic acids is 2. The van der Waals surface area contributed by atoms with Crippen LogP contribution in [-0.4, -0.2) is 43.1 Å². The predicted octanol–water partition coefficient (Wildman–Crippen LogP) is 2.31. The normalized spacial score (nSPS) is 15.2. The molecule has 0 bridgehead atoms.